The van der Waals surface area contributed by atoms with Crippen LogP contribution in [0.1, 0.15) is 72.4 Å². The molecular formula is C33H35N5O4. The summed E-state index contributed by atoms with van der Waals surface area (Å²) in [5.41, 5.74) is 4.20. The number of nitrogens with zero attached hydrogens (tertiary/aromatic N) is 2. The van der Waals surface area contributed by atoms with Gasteiger partial charge < -0.3 is 25.1 Å². The number of fused-ring (bicyclic) bond motifs is 1. The van der Waals surface area contributed by atoms with Crippen molar-refractivity contribution in [2.75, 3.05) is 5.32 Å². The van der Waals surface area contributed by atoms with Gasteiger partial charge in [-0.25, -0.2) is 14.8 Å². The number of aromatic hydroxyl groups is 1. The largest absolute Gasteiger partial charge is 0.494 e. The number of aromatic amines is 2. The van der Waals surface area contributed by atoms with Crippen LogP contribution in [0.4, 0.5) is 11.4 Å². The van der Waals surface area contributed by atoms with E-state index in [1.807, 2.05) is 77.9 Å². The molecule has 0 atom stereocenters. The molecule has 5 aromatic rings. The van der Waals surface area contributed by atoms with Gasteiger partial charge in [0, 0.05) is 28.5 Å². The number of amides is 1. The number of ether oxygens (including phenoxy) is 1. The average molecular weight is 566 g/mol. The molecule has 0 aliphatic rings. The molecule has 1 amide bonds. The number of nitrogens with one attached hydrogen (secondary N) is 3. The van der Waals surface area contributed by atoms with Crippen molar-refractivity contribution >= 4 is 39.9 Å². The van der Waals surface area contributed by atoms with Crippen LogP contribution < -0.4 is 5.32 Å². The lowest BCUT2D eigenvalue weighted by molar-refractivity contribution is 0.00694. The summed E-state index contributed by atoms with van der Waals surface area (Å²) in [6.45, 7) is 11.3. The Labute approximate surface area is 244 Å². The number of H-pyrrole nitrogens is 2. The van der Waals surface area contributed by atoms with E-state index in [4.69, 9.17) is 9.73 Å². The lowest BCUT2D eigenvalue weighted by atomic mass is 10.0. The van der Waals surface area contributed by atoms with Gasteiger partial charge in [0.05, 0.1) is 28.0 Å². The Morgan fingerprint density at radius 2 is 1.62 bits per heavy atom. The number of anilines is 1. The monoisotopic (exact) mass is 565 g/mol. The second-order valence-corrected chi connectivity index (χ2v) is 10.4. The van der Waals surface area contributed by atoms with Gasteiger partial charge in [0.25, 0.3) is 5.91 Å². The van der Waals surface area contributed by atoms with Gasteiger partial charge in [-0.3, -0.25) is 4.79 Å². The molecule has 216 valence electrons. The number of hydrogen-bond donors (Lipinski definition) is 4. The number of carbonyl (C=O) groups excluding carboxylic acids is 2. The van der Waals surface area contributed by atoms with E-state index in [-0.39, 0.29) is 17.6 Å². The molecule has 0 bridgehead atoms. The Hall–Kier alpha value is -5.18. The summed E-state index contributed by atoms with van der Waals surface area (Å²) in [6.07, 6.45) is 1.59. The van der Waals surface area contributed by atoms with E-state index in [2.05, 4.69) is 20.3 Å². The Morgan fingerprint density at radius 1 is 0.929 bits per heavy atom. The number of carbonyl (C=O) groups is 2. The predicted molar refractivity (Wildman–Crippen MR) is 166 cm³/mol. The molecule has 42 heavy (non-hydrogen) atoms. The van der Waals surface area contributed by atoms with Crippen LogP contribution in [0.5, 0.6) is 5.88 Å². The molecule has 5 rings (SSSR count). The van der Waals surface area contributed by atoms with Gasteiger partial charge in [-0.1, -0.05) is 44.2 Å². The van der Waals surface area contributed by atoms with Crippen molar-refractivity contribution in [1.29, 1.82) is 0 Å². The summed E-state index contributed by atoms with van der Waals surface area (Å²) < 4.78 is 5.45. The van der Waals surface area contributed by atoms with E-state index >= 15 is 0 Å². The zero-order valence-corrected chi connectivity index (χ0v) is 24.6. The summed E-state index contributed by atoms with van der Waals surface area (Å²) in [7, 11) is 0. The molecule has 0 aliphatic heterocycles. The van der Waals surface area contributed by atoms with Gasteiger partial charge in [0.1, 0.15) is 5.60 Å². The first-order valence-electron chi connectivity index (χ1n) is 13.7. The highest BCUT2D eigenvalue weighted by molar-refractivity contribution is 6.22. The van der Waals surface area contributed by atoms with E-state index in [0.29, 0.717) is 33.7 Å². The van der Waals surface area contributed by atoms with Crippen LogP contribution in [-0.4, -0.2) is 43.2 Å². The highest BCUT2D eigenvalue weighted by Crippen LogP contribution is 2.33. The summed E-state index contributed by atoms with van der Waals surface area (Å²) in [4.78, 5) is 39.8. The fourth-order valence-corrected chi connectivity index (χ4v) is 4.22. The van der Waals surface area contributed by atoms with Crippen LogP contribution in [0.25, 0.3) is 10.9 Å². The van der Waals surface area contributed by atoms with Crippen molar-refractivity contribution < 1.29 is 19.4 Å². The van der Waals surface area contributed by atoms with Crippen molar-refractivity contribution in [2.24, 2.45) is 4.99 Å². The van der Waals surface area contributed by atoms with E-state index in [1.54, 1.807) is 42.6 Å². The maximum atomic E-state index is 12.6. The minimum absolute atomic E-state index is 0.0619. The lowest BCUT2D eigenvalue weighted by Gasteiger charge is -2.19. The number of aromatic nitrogens is 3. The minimum atomic E-state index is -0.595. The lowest BCUT2D eigenvalue weighted by Crippen LogP contribution is -2.23. The van der Waals surface area contributed by atoms with E-state index in [9.17, 15) is 14.7 Å². The Morgan fingerprint density at radius 3 is 2.24 bits per heavy atom. The van der Waals surface area contributed by atoms with Crippen LogP contribution in [0.3, 0.4) is 0 Å². The van der Waals surface area contributed by atoms with E-state index < -0.39 is 11.6 Å². The number of aliphatic imine (C=N–C) groups is 1. The highest BCUT2D eigenvalue weighted by Gasteiger charge is 2.21. The SMILES string of the molecule is CC.Cc1cnc(C(=O)Nc2ccc3c(C(=Nc4ccc(C(=O)OC(C)(C)C)cc4)c4ccccc4)c(O)[nH]c3c2)[nH]1. The molecule has 0 saturated carbocycles. The number of benzene rings is 3. The van der Waals surface area contributed by atoms with Crippen molar-refractivity contribution in [3.05, 3.63) is 107 Å². The van der Waals surface area contributed by atoms with Gasteiger partial charge in [-0.2, -0.15) is 0 Å². The number of rotatable bonds is 6. The first kappa shape index (κ1) is 29.8. The molecular weight excluding hydrogens is 530 g/mol. The van der Waals surface area contributed by atoms with Gasteiger partial charge in [-0.15, -0.1) is 0 Å². The van der Waals surface area contributed by atoms with Crippen LogP contribution >= 0.6 is 0 Å². The standard InChI is InChI=1S/C31H29N5O4.C2H6/c1-18-17-32-27(33-18)29(38)35-22-14-15-23-24(16-22)36-28(37)25(23)26(19-8-6-5-7-9-19)34-21-12-10-20(11-13-21)30(39)40-31(2,3)4;1-2/h5-17,36-37H,1-4H3,(H,32,33)(H,35,38);1-2H3. The van der Waals surface area contributed by atoms with Crippen molar-refractivity contribution in [2.45, 2.75) is 47.1 Å². The quantitative estimate of drug-likeness (QED) is 0.127. The third-order valence-electron chi connectivity index (χ3n) is 5.98. The van der Waals surface area contributed by atoms with Gasteiger partial charge in [0.2, 0.25) is 0 Å². The number of hydrogen-bond acceptors (Lipinski definition) is 6. The smallest absolute Gasteiger partial charge is 0.338 e. The number of imidazole rings is 1. The van der Waals surface area contributed by atoms with Crippen molar-refractivity contribution in [3.8, 4) is 5.88 Å². The third kappa shape index (κ3) is 6.93. The van der Waals surface area contributed by atoms with Crippen molar-refractivity contribution in [1.82, 2.24) is 15.0 Å². The predicted octanol–water partition coefficient (Wildman–Crippen LogP) is 7.31. The van der Waals surface area contributed by atoms with E-state index in [1.165, 1.54) is 0 Å². The van der Waals surface area contributed by atoms with Crippen LogP contribution in [0.2, 0.25) is 0 Å². The summed E-state index contributed by atoms with van der Waals surface area (Å²) in [6, 6.07) is 21.6. The first-order chi connectivity index (χ1) is 20.1. The van der Waals surface area contributed by atoms with Crippen LogP contribution in [-0.2, 0) is 4.74 Å². The fraction of sp³-hybridized carbons (Fsp3) is 0.212. The molecule has 2 heterocycles. The van der Waals surface area contributed by atoms with Gasteiger partial charge in [-0.05, 0) is 70.2 Å². The molecule has 0 spiro atoms. The summed E-state index contributed by atoms with van der Waals surface area (Å²) in [5.74, 6) is -0.632. The third-order valence-corrected chi connectivity index (χ3v) is 5.98. The average Bonchev–Trinajstić information content (AvgIpc) is 3.54. The van der Waals surface area contributed by atoms with Gasteiger partial charge >= 0.3 is 5.97 Å². The Bertz CT molecular complexity index is 1730. The molecule has 9 nitrogen and oxygen atoms in total. The van der Waals surface area contributed by atoms with Crippen LogP contribution in [0, 0.1) is 6.92 Å². The normalized spacial score (nSPS) is 11.5. The highest BCUT2D eigenvalue weighted by atomic mass is 16.6. The van der Waals surface area contributed by atoms with Gasteiger partial charge in [0.15, 0.2) is 11.7 Å². The zero-order valence-electron chi connectivity index (χ0n) is 24.6. The molecule has 3 aromatic carbocycles. The second-order valence-electron chi connectivity index (χ2n) is 10.4. The fourth-order valence-electron chi connectivity index (χ4n) is 4.22. The maximum absolute atomic E-state index is 12.6. The molecule has 0 aliphatic carbocycles. The first-order valence-corrected chi connectivity index (χ1v) is 13.7. The van der Waals surface area contributed by atoms with Crippen LogP contribution in [0.15, 0.2) is 84.0 Å². The van der Waals surface area contributed by atoms with Crippen molar-refractivity contribution in [3.63, 3.8) is 0 Å². The molecule has 0 fully saturated rings. The summed E-state index contributed by atoms with van der Waals surface area (Å²) in [5, 5.41) is 14.6. The zero-order chi connectivity index (χ0) is 30.4. The molecule has 4 N–H and O–H groups in total. The molecule has 2 aromatic heterocycles. The maximum Gasteiger partial charge on any atom is 0.338 e. The second kappa shape index (κ2) is 12.6. The Balaban J connectivity index is 0.00000198. The molecule has 0 unspecified atom stereocenters. The topological polar surface area (TPSA) is 132 Å². The van der Waals surface area contributed by atoms with E-state index in [0.717, 1.165) is 16.6 Å². The molecule has 9 heteroatoms. The Kier molecular flexibility index (Phi) is 8.90. The number of aryl methyl sites for hydroxylation is 1. The summed E-state index contributed by atoms with van der Waals surface area (Å²) >= 11 is 0. The number of esters is 1. The molecule has 0 radical (unpaired) electrons. The minimum Gasteiger partial charge on any atom is -0.494 e. The molecule has 0 saturated heterocycles.